The first-order chi connectivity index (χ1) is 10.1. The van der Waals surface area contributed by atoms with Crippen LogP contribution in [0.1, 0.15) is 36.8 Å². The van der Waals surface area contributed by atoms with Gasteiger partial charge < -0.3 is 5.32 Å². The zero-order chi connectivity index (χ0) is 15.4. The molecule has 0 radical (unpaired) electrons. The van der Waals surface area contributed by atoms with Crippen molar-refractivity contribution >= 4 is 0 Å². The van der Waals surface area contributed by atoms with Gasteiger partial charge in [-0.1, -0.05) is 13.0 Å². The molecule has 0 aliphatic carbocycles. The van der Waals surface area contributed by atoms with Crippen molar-refractivity contribution in [2.24, 2.45) is 0 Å². The molecule has 0 spiro atoms. The molecule has 21 heavy (non-hydrogen) atoms. The molecule has 2 rings (SSSR count). The molecule has 1 N–H and O–H groups in total. The quantitative estimate of drug-likeness (QED) is 0.885. The third kappa shape index (κ3) is 3.47. The summed E-state index contributed by atoms with van der Waals surface area (Å²) in [5, 5.41) is 7.70. The van der Waals surface area contributed by atoms with Gasteiger partial charge in [-0.25, -0.2) is 8.78 Å². The average molecular weight is 293 g/mol. The summed E-state index contributed by atoms with van der Waals surface area (Å²) >= 11 is 0. The van der Waals surface area contributed by atoms with E-state index in [1.807, 2.05) is 31.5 Å². The summed E-state index contributed by atoms with van der Waals surface area (Å²) < 4.78 is 29.6. The van der Waals surface area contributed by atoms with E-state index < -0.39 is 11.6 Å². The van der Waals surface area contributed by atoms with Crippen LogP contribution in [0, 0.1) is 18.6 Å². The lowest BCUT2D eigenvalue weighted by molar-refractivity contribution is 0.466. The van der Waals surface area contributed by atoms with E-state index in [1.54, 1.807) is 0 Å². The molecule has 0 fully saturated rings. The predicted octanol–water partition coefficient (Wildman–Crippen LogP) is 3.38. The van der Waals surface area contributed by atoms with Gasteiger partial charge in [-0.2, -0.15) is 5.10 Å². The highest BCUT2D eigenvalue weighted by molar-refractivity contribution is 5.24. The Labute approximate surface area is 124 Å². The summed E-state index contributed by atoms with van der Waals surface area (Å²) in [6, 6.07) is 5.78. The van der Waals surface area contributed by atoms with Crippen LogP contribution in [0.4, 0.5) is 8.78 Å². The van der Waals surface area contributed by atoms with E-state index in [4.69, 9.17) is 0 Å². The fourth-order valence-electron chi connectivity index (χ4n) is 2.56. The summed E-state index contributed by atoms with van der Waals surface area (Å²) in [7, 11) is 0. The Balaban J connectivity index is 2.35. The zero-order valence-corrected chi connectivity index (χ0v) is 12.7. The number of rotatable bonds is 6. The van der Waals surface area contributed by atoms with Gasteiger partial charge >= 0.3 is 0 Å². The number of aryl methyl sites for hydroxylation is 2. The standard InChI is InChI=1S/C16H21F2N3/c1-4-19-15(16-9-11(3)20-21(16)5-2)10-12-13(17)7-6-8-14(12)18/h6-9,15,19H,4-5,10H2,1-3H3. The molecule has 1 unspecified atom stereocenters. The molecule has 5 heteroatoms. The first-order valence-corrected chi connectivity index (χ1v) is 7.27. The number of likely N-dealkylation sites (N-methyl/N-ethyl adjacent to an activating group) is 1. The molecular formula is C16H21F2N3. The van der Waals surface area contributed by atoms with Crippen molar-refractivity contribution in [2.75, 3.05) is 6.54 Å². The van der Waals surface area contributed by atoms with Crippen LogP contribution < -0.4 is 5.32 Å². The molecule has 1 aromatic heterocycles. The van der Waals surface area contributed by atoms with Crippen LogP contribution in [0.2, 0.25) is 0 Å². The molecular weight excluding hydrogens is 272 g/mol. The minimum absolute atomic E-state index is 0.116. The van der Waals surface area contributed by atoms with Gasteiger partial charge in [-0.05, 0) is 45.0 Å². The van der Waals surface area contributed by atoms with Crippen molar-refractivity contribution < 1.29 is 8.78 Å². The normalized spacial score (nSPS) is 12.6. The van der Waals surface area contributed by atoms with Crippen molar-refractivity contribution in [3.63, 3.8) is 0 Å². The maximum absolute atomic E-state index is 13.9. The smallest absolute Gasteiger partial charge is 0.129 e. The van der Waals surface area contributed by atoms with Crippen molar-refractivity contribution in [3.8, 4) is 0 Å². The highest BCUT2D eigenvalue weighted by atomic mass is 19.1. The van der Waals surface area contributed by atoms with Gasteiger partial charge in [-0.3, -0.25) is 4.68 Å². The second-order valence-corrected chi connectivity index (χ2v) is 5.04. The maximum atomic E-state index is 13.9. The van der Waals surface area contributed by atoms with Gasteiger partial charge in [-0.15, -0.1) is 0 Å². The lowest BCUT2D eigenvalue weighted by Crippen LogP contribution is -2.26. The molecule has 0 aliphatic rings. The van der Waals surface area contributed by atoms with E-state index in [0.717, 1.165) is 17.9 Å². The van der Waals surface area contributed by atoms with Crippen molar-refractivity contribution in [2.45, 2.75) is 39.8 Å². The fraction of sp³-hybridized carbons (Fsp3) is 0.438. The van der Waals surface area contributed by atoms with Crippen LogP contribution in [0.5, 0.6) is 0 Å². The van der Waals surface area contributed by atoms with Gasteiger partial charge in [0.15, 0.2) is 0 Å². The Kier molecular flexibility index (Phi) is 5.07. The third-order valence-corrected chi connectivity index (χ3v) is 3.51. The van der Waals surface area contributed by atoms with E-state index in [0.29, 0.717) is 6.54 Å². The minimum atomic E-state index is -0.503. The topological polar surface area (TPSA) is 29.9 Å². The summed E-state index contributed by atoms with van der Waals surface area (Å²) in [5.74, 6) is -1.01. The average Bonchev–Trinajstić information content (AvgIpc) is 2.83. The van der Waals surface area contributed by atoms with Crippen LogP contribution in [0.25, 0.3) is 0 Å². The Morgan fingerprint density at radius 1 is 1.24 bits per heavy atom. The number of nitrogens with one attached hydrogen (secondary N) is 1. The van der Waals surface area contributed by atoms with Gasteiger partial charge in [0.1, 0.15) is 11.6 Å². The highest BCUT2D eigenvalue weighted by Crippen LogP contribution is 2.23. The Morgan fingerprint density at radius 3 is 2.48 bits per heavy atom. The van der Waals surface area contributed by atoms with Gasteiger partial charge in [0.05, 0.1) is 17.4 Å². The molecule has 3 nitrogen and oxygen atoms in total. The molecule has 0 bridgehead atoms. The predicted molar refractivity (Wildman–Crippen MR) is 79.1 cm³/mol. The van der Waals surface area contributed by atoms with Crippen LogP contribution in [0.15, 0.2) is 24.3 Å². The minimum Gasteiger partial charge on any atom is -0.309 e. The first kappa shape index (κ1) is 15.6. The van der Waals surface area contributed by atoms with Crippen LogP contribution in [-0.2, 0) is 13.0 Å². The summed E-state index contributed by atoms with van der Waals surface area (Å²) in [6.45, 7) is 7.34. The van der Waals surface area contributed by atoms with E-state index in [-0.39, 0.29) is 18.0 Å². The van der Waals surface area contributed by atoms with Crippen LogP contribution in [0.3, 0.4) is 0 Å². The van der Waals surface area contributed by atoms with Gasteiger partial charge in [0.2, 0.25) is 0 Å². The maximum Gasteiger partial charge on any atom is 0.129 e. The number of halogens is 2. The summed E-state index contributed by atoms with van der Waals surface area (Å²) in [6.07, 6.45) is 0.261. The first-order valence-electron chi connectivity index (χ1n) is 7.27. The van der Waals surface area contributed by atoms with Crippen molar-refractivity contribution in [1.29, 1.82) is 0 Å². The lowest BCUT2D eigenvalue weighted by Gasteiger charge is -2.19. The number of benzene rings is 1. The van der Waals surface area contributed by atoms with Gasteiger partial charge in [0, 0.05) is 12.1 Å². The molecule has 0 saturated carbocycles. The highest BCUT2D eigenvalue weighted by Gasteiger charge is 2.20. The molecule has 1 aromatic carbocycles. The number of hydrogen-bond donors (Lipinski definition) is 1. The number of nitrogens with zero attached hydrogens (tertiary/aromatic N) is 2. The largest absolute Gasteiger partial charge is 0.309 e. The van der Waals surface area contributed by atoms with Crippen molar-refractivity contribution in [3.05, 3.63) is 52.9 Å². The van der Waals surface area contributed by atoms with Gasteiger partial charge in [0.25, 0.3) is 0 Å². The fourth-order valence-corrected chi connectivity index (χ4v) is 2.56. The summed E-state index contributed by atoms with van der Waals surface area (Å²) in [4.78, 5) is 0. The molecule has 0 aliphatic heterocycles. The zero-order valence-electron chi connectivity index (χ0n) is 12.7. The molecule has 0 saturated heterocycles. The number of aromatic nitrogens is 2. The third-order valence-electron chi connectivity index (χ3n) is 3.51. The van der Waals surface area contributed by atoms with E-state index in [9.17, 15) is 8.78 Å². The summed E-state index contributed by atoms with van der Waals surface area (Å²) in [5.41, 5.74) is 1.98. The molecule has 2 aromatic rings. The molecule has 0 amide bonds. The second-order valence-electron chi connectivity index (χ2n) is 5.04. The Bertz CT molecular complexity index is 587. The number of hydrogen-bond acceptors (Lipinski definition) is 2. The molecule has 114 valence electrons. The SMILES string of the molecule is CCNC(Cc1c(F)cccc1F)c1cc(C)nn1CC. The second kappa shape index (κ2) is 6.80. The molecule has 1 atom stereocenters. The lowest BCUT2D eigenvalue weighted by atomic mass is 10.0. The Hall–Kier alpha value is -1.75. The van der Waals surface area contributed by atoms with Crippen molar-refractivity contribution in [1.82, 2.24) is 15.1 Å². The molecule has 1 heterocycles. The van der Waals surface area contributed by atoms with E-state index in [1.165, 1.54) is 18.2 Å². The Morgan fingerprint density at radius 2 is 1.90 bits per heavy atom. The monoisotopic (exact) mass is 293 g/mol. The van der Waals surface area contributed by atoms with Crippen LogP contribution >= 0.6 is 0 Å². The van der Waals surface area contributed by atoms with E-state index in [2.05, 4.69) is 10.4 Å². The van der Waals surface area contributed by atoms with E-state index >= 15 is 0 Å². The van der Waals surface area contributed by atoms with Crippen LogP contribution in [-0.4, -0.2) is 16.3 Å².